The van der Waals surface area contributed by atoms with Crippen LogP contribution in [-0.4, -0.2) is 24.1 Å². The van der Waals surface area contributed by atoms with Gasteiger partial charge in [0, 0.05) is 32.3 Å². The largest absolute Gasteiger partial charge is 0.455 e. The van der Waals surface area contributed by atoms with E-state index in [2.05, 4.69) is 203 Å². The normalized spacial score (nSPS) is 13.1. The van der Waals surface area contributed by atoms with Crippen LogP contribution in [0.1, 0.15) is 22.3 Å². The summed E-state index contributed by atoms with van der Waals surface area (Å²) in [4.78, 5) is 16.4. The molecule has 0 aliphatic heterocycles. The molecule has 0 N–H and O–H groups in total. The first-order valence-corrected chi connectivity index (χ1v) is 21.7. The molecule has 0 amide bonds. The van der Waals surface area contributed by atoms with Crippen molar-refractivity contribution in [2.24, 2.45) is 0 Å². The van der Waals surface area contributed by atoms with Crippen molar-refractivity contribution in [3.63, 3.8) is 0 Å². The molecular formula is C58H35N5O. The van der Waals surface area contributed by atoms with E-state index < -0.39 is 5.41 Å². The Morgan fingerprint density at radius 3 is 1.50 bits per heavy atom. The molecule has 9 aromatic carbocycles. The Morgan fingerprint density at radius 1 is 0.344 bits per heavy atom. The molecule has 298 valence electrons. The summed E-state index contributed by atoms with van der Waals surface area (Å²) in [5.41, 5.74) is 13.2. The van der Waals surface area contributed by atoms with E-state index in [1.54, 1.807) is 0 Å². The van der Waals surface area contributed by atoms with Crippen LogP contribution in [-0.2, 0) is 5.41 Å². The molecule has 4 heterocycles. The zero-order chi connectivity index (χ0) is 41.9. The summed E-state index contributed by atoms with van der Waals surface area (Å²) in [5.74, 6) is 1.56. The monoisotopic (exact) mass is 817 g/mol. The van der Waals surface area contributed by atoms with E-state index >= 15 is 0 Å². The highest BCUT2D eigenvalue weighted by atomic mass is 16.3. The van der Waals surface area contributed by atoms with Crippen LogP contribution in [0.2, 0.25) is 0 Å². The number of furan rings is 1. The lowest BCUT2D eigenvalue weighted by Gasteiger charge is -2.34. The summed E-state index contributed by atoms with van der Waals surface area (Å²) < 4.78 is 11.1. The number of aromatic nitrogens is 5. The first-order valence-electron chi connectivity index (χ1n) is 21.7. The van der Waals surface area contributed by atoms with Gasteiger partial charge in [-0.25, -0.2) is 0 Å². The average Bonchev–Trinajstić information content (AvgIpc) is 4.09. The molecule has 6 heteroatoms. The second-order valence-corrected chi connectivity index (χ2v) is 16.7. The maximum absolute atomic E-state index is 6.65. The Labute approximate surface area is 367 Å². The zero-order valence-electron chi connectivity index (χ0n) is 34.4. The fourth-order valence-corrected chi connectivity index (χ4v) is 10.9. The second-order valence-electron chi connectivity index (χ2n) is 16.7. The first kappa shape index (κ1) is 35.0. The van der Waals surface area contributed by atoms with E-state index in [0.29, 0.717) is 17.7 Å². The topological polar surface area (TPSA) is 61.7 Å². The number of para-hydroxylation sites is 5. The van der Waals surface area contributed by atoms with Crippen LogP contribution in [0.25, 0.3) is 100.0 Å². The number of rotatable bonds is 5. The van der Waals surface area contributed by atoms with Crippen molar-refractivity contribution in [3.05, 3.63) is 235 Å². The van der Waals surface area contributed by atoms with Gasteiger partial charge in [-0.3, -0.25) is 9.13 Å². The van der Waals surface area contributed by atoms with E-state index in [1.165, 1.54) is 33.4 Å². The molecule has 1 aliphatic carbocycles. The predicted octanol–water partition coefficient (Wildman–Crippen LogP) is 14.0. The first-order chi connectivity index (χ1) is 31.8. The van der Waals surface area contributed by atoms with Crippen LogP contribution in [0, 0.1) is 0 Å². The van der Waals surface area contributed by atoms with Crippen molar-refractivity contribution in [3.8, 4) is 34.4 Å². The maximum atomic E-state index is 6.65. The minimum absolute atomic E-state index is 0.515. The molecule has 6 nitrogen and oxygen atoms in total. The molecule has 0 fully saturated rings. The summed E-state index contributed by atoms with van der Waals surface area (Å²) in [6.07, 6.45) is 0. The minimum atomic E-state index is -0.584. The van der Waals surface area contributed by atoms with Gasteiger partial charge in [-0.1, -0.05) is 170 Å². The lowest BCUT2D eigenvalue weighted by Crippen LogP contribution is -2.28. The molecule has 13 aromatic rings. The van der Waals surface area contributed by atoms with Gasteiger partial charge < -0.3 is 4.42 Å². The molecular weight excluding hydrogens is 783 g/mol. The molecule has 0 radical (unpaired) electrons. The minimum Gasteiger partial charge on any atom is -0.455 e. The molecule has 0 saturated carbocycles. The Kier molecular flexibility index (Phi) is 7.22. The SMILES string of the molecule is c1ccc(C2(c3ccccc3)c3ccccc3-c3cc4c5ccccc5n(-c5nc(-c6cccc7c6oc6ccccc67)nc(-n6c7ccccc7c7ccccc76)n5)c4cc32)cc1. The summed E-state index contributed by atoms with van der Waals surface area (Å²) >= 11 is 0. The van der Waals surface area contributed by atoms with Crippen LogP contribution in [0.3, 0.4) is 0 Å². The molecule has 14 rings (SSSR count). The number of hydrogen-bond acceptors (Lipinski definition) is 4. The van der Waals surface area contributed by atoms with Gasteiger partial charge in [-0.2, -0.15) is 15.0 Å². The Bertz CT molecular complexity index is 3940. The Balaban J connectivity index is 1.12. The van der Waals surface area contributed by atoms with Crippen LogP contribution in [0.5, 0.6) is 0 Å². The van der Waals surface area contributed by atoms with Crippen LogP contribution < -0.4 is 0 Å². The quantitative estimate of drug-likeness (QED) is 0.174. The zero-order valence-corrected chi connectivity index (χ0v) is 34.4. The highest BCUT2D eigenvalue weighted by Crippen LogP contribution is 2.57. The van der Waals surface area contributed by atoms with E-state index in [0.717, 1.165) is 71.1 Å². The predicted molar refractivity (Wildman–Crippen MR) is 259 cm³/mol. The van der Waals surface area contributed by atoms with E-state index in [4.69, 9.17) is 19.4 Å². The van der Waals surface area contributed by atoms with Crippen LogP contribution >= 0.6 is 0 Å². The van der Waals surface area contributed by atoms with Gasteiger partial charge >= 0.3 is 0 Å². The molecule has 0 atom stereocenters. The van der Waals surface area contributed by atoms with Crippen molar-refractivity contribution in [1.82, 2.24) is 24.1 Å². The van der Waals surface area contributed by atoms with Crippen molar-refractivity contribution < 1.29 is 4.42 Å². The average molecular weight is 818 g/mol. The molecule has 1 aliphatic rings. The van der Waals surface area contributed by atoms with Crippen molar-refractivity contribution in [2.75, 3.05) is 0 Å². The fourth-order valence-electron chi connectivity index (χ4n) is 10.9. The van der Waals surface area contributed by atoms with E-state index in [9.17, 15) is 0 Å². The van der Waals surface area contributed by atoms with Gasteiger partial charge in [0.05, 0.1) is 33.0 Å². The van der Waals surface area contributed by atoms with Crippen molar-refractivity contribution >= 4 is 65.6 Å². The third-order valence-electron chi connectivity index (χ3n) is 13.5. The Hall–Kier alpha value is -8.61. The van der Waals surface area contributed by atoms with Gasteiger partial charge in [0.2, 0.25) is 11.9 Å². The molecule has 0 spiro atoms. The Morgan fingerprint density at radius 2 is 0.844 bits per heavy atom. The number of hydrogen-bond donors (Lipinski definition) is 0. The highest BCUT2D eigenvalue weighted by Gasteiger charge is 2.46. The molecule has 4 aromatic heterocycles. The van der Waals surface area contributed by atoms with Gasteiger partial charge in [-0.15, -0.1) is 0 Å². The maximum Gasteiger partial charge on any atom is 0.240 e. The molecule has 64 heavy (non-hydrogen) atoms. The smallest absolute Gasteiger partial charge is 0.240 e. The van der Waals surface area contributed by atoms with Gasteiger partial charge in [-0.05, 0) is 75.8 Å². The second kappa shape index (κ2) is 13.2. The number of fused-ring (bicyclic) bond motifs is 12. The highest BCUT2D eigenvalue weighted by molar-refractivity contribution is 6.13. The lowest BCUT2D eigenvalue weighted by molar-refractivity contribution is 0.669. The van der Waals surface area contributed by atoms with Crippen LogP contribution in [0.4, 0.5) is 0 Å². The third kappa shape index (κ3) is 4.71. The van der Waals surface area contributed by atoms with Crippen molar-refractivity contribution in [1.29, 1.82) is 0 Å². The molecule has 0 unspecified atom stereocenters. The van der Waals surface area contributed by atoms with Gasteiger partial charge in [0.1, 0.15) is 11.2 Å². The fraction of sp³-hybridized carbons (Fsp3) is 0.0172. The number of benzene rings is 9. The standard InChI is InChI=1S/C58H35N5O/c1-3-18-36(19-4-1)58(37-20-5-2-6-21-37)47-29-12-7-22-38(47)45-34-46-41-25-10-15-32-51(41)63(52(46)35-48(45)58)57-60-55(44-28-17-27-43-42-26-11-16-33-53(42)64-54(43)44)59-56(61-57)62-49-30-13-8-23-39(49)40-24-9-14-31-50(40)62/h1-35H. The van der Waals surface area contributed by atoms with Crippen LogP contribution in [0.15, 0.2) is 217 Å². The summed E-state index contributed by atoms with van der Waals surface area (Å²) in [7, 11) is 0. The lowest BCUT2D eigenvalue weighted by atomic mass is 9.67. The van der Waals surface area contributed by atoms with E-state index in [1.807, 2.05) is 18.2 Å². The summed E-state index contributed by atoms with van der Waals surface area (Å²) in [6.45, 7) is 0. The summed E-state index contributed by atoms with van der Waals surface area (Å²) in [6, 6.07) is 75.6. The van der Waals surface area contributed by atoms with Crippen molar-refractivity contribution in [2.45, 2.75) is 5.41 Å². The third-order valence-corrected chi connectivity index (χ3v) is 13.5. The molecule has 0 saturated heterocycles. The molecule has 0 bridgehead atoms. The number of nitrogens with zero attached hydrogens (tertiary/aromatic N) is 5. The summed E-state index contributed by atoms with van der Waals surface area (Å²) in [5, 5.41) is 6.57. The van der Waals surface area contributed by atoms with Gasteiger partial charge in [0.25, 0.3) is 0 Å². The van der Waals surface area contributed by atoms with E-state index in [-0.39, 0.29) is 0 Å². The van der Waals surface area contributed by atoms with Gasteiger partial charge in [0.15, 0.2) is 5.82 Å².